The van der Waals surface area contributed by atoms with Gasteiger partial charge in [-0.25, -0.2) is 4.98 Å². The molecule has 2 rings (SSSR count). The molecule has 1 saturated carbocycles. The highest BCUT2D eigenvalue weighted by Gasteiger charge is 2.24. The van der Waals surface area contributed by atoms with Crippen molar-refractivity contribution in [1.29, 1.82) is 0 Å². The van der Waals surface area contributed by atoms with Crippen molar-refractivity contribution < 1.29 is 0 Å². The maximum absolute atomic E-state index is 5.55. The third kappa shape index (κ3) is 1.84. The summed E-state index contributed by atoms with van der Waals surface area (Å²) in [5.74, 6) is 0.771. The molecule has 0 unspecified atom stereocenters. The monoisotopic (exact) mass is 210 g/mol. The van der Waals surface area contributed by atoms with Gasteiger partial charge in [0, 0.05) is 17.2 Å². The van der Waals surface area contributed by atoms with Crippen molar-refractivity contribution >= 4 is 11.3 Å². The molecule has 1 aromatic heterocycles. The van der Waals surface area contributed by atoms with Gasteiger partial charge in [-0.05, 0) is 25.8 Å². The summed E-state index contributed by atoms with van der Waals surface area (Å²) >= 11 is 1.87. The third-order valence-corrected chi connectivity index (χ3v) is 4.22. The molecule has 3 heteroatoms. The Morgan fingerprint density at radius 2 is 2.29 bits per heavy atom. The molecule has 1 aromatic rings. The summed E-state index contributed by atoms with van der Waals surface area (Å²) in [6.07, 6.45) is 6.16. The lowest BCUT2D eigenvalue weighted by molar-refractivity contribution is 0.410. The molecule has 1 aliphatic rings. The number of aromatic nitrogens is 1. The molecule has 14 heavy (non-hydrogen) atoms. The summed E-state index contributed by atoms with van der Waals surface area (Å²) in [7, 11) is 0. The third-order valence-electron chi connectivity index (χ3n) is 2.94. The van der Waals surface area contributed by atoms with Crippen LogP contribution in [0.1, 0.15) is 47.7 Å². The van der Waals surface area contributed by atoms with Gasteiger partial charge >= 0.3 is 0 Å². The fourth-order valence-electron chi connectivity index (χ4n) is 1.90. The standard InChI is InChI=1S/C11H18N2S/c1-2-9-11(8-4-3-5-8)13-10(14-9)6-7-12/h8H,2-7,12H2,1H3. The van der Waals surface area contributed by atoms with Gasteiger partial charge in [0.25, 0.3) is 0 Å². The van der Waals surface area contributed by atoms with Gasteiger partial charge in [-0.15, -0.1) is 11.3 Å². The van der Waals surface area contributed by atoms with Gasteiger partial charge in [-0.2, -0.15) is 0 Å². The van der Waals surface area contributed by atoms with Crippen LogP contribution in [0, 0.1) is 0 Å². The molecule has 0 atom stereocenters. The van der Waals surface area contributed by atoms with Crippen molar-refractivity contribution in [3.8, 4) is 0 Å². The molecule has 0 aliphatic heterocycles. The predicted octanol–water partition coefficient (Wildman–Crippen LogP) is 2.47. The molecule has 0 radical (unpaired) electrons. The lowest BCUT2D eigenvalue weighted by Crippen LogP contribution is -2.11. The Hall–Kier alpha value is -0.410. The van der Waals surface area contributed by atoms with Gasteiger partial charge in [0.2, 0.25) is 0 Å². The Kier molecular flexibility index (Phi) is 3.19. The highest BCUT2D eigenvalue weighted by molar-refractivity contribution is 7.11. The van der Waals surface area contributed by atoms with E-state index in [1.54, 1.807) is 0 Å². The van der Waals surface area contributed by atoms with E-state index in [9.17, 15) is 0 Å². The molecule has 0 bridgehead atoms. The van der Waals surface area contributed by atoms with Crippen molar-refractivity contribution in [3.05, 3.63) is 15.6 Å². The molecule has 0 aromatic carbocycles. The lowest BCUT2D eigenvalue weighted by Gasteiger charge is -2.24. The second-order valence-corrected chi connectivity index (χ2v) is 5.10. The SMILES string of the molecule is CCc1sc(CCN)nc1C1CCC1. The molecule has 1 fully saturated rings. The molecule has 2 N–H and O–H groups in total. The second kappa shape index (κ2) is 4.41. The van der Waals surface area contributed by atoms with E-state index >= 15 is 0 Å². The summed E-state index contributed by atoms with van der Waals surface area (Å²) in [4.78, 5) is 6.23. The summed E-state index contributed by atoms with van der Waals surface area (Å²) in [5, 5.41) is 1.24. The zero-order valence-corrected chi connectivity index (χ0v) is 9.57. The Morgan fingerprint density at radius 1 is 1.50 bits per heavy atom. The number of hydrogen-bond acceptors (Lipinski definition) is 3. The normalized spacial score (nSPS) is 17.0. The number of nitrogens with two attached hydrogens (primary N) is 1. The topological polar surface area (TPSA) is 38.9 Å². The molecular formula is C11H18N2S. The van der Waals surface area contributed by atoms with Crippen LogP contribution in [0.15, 0.2) is 0 Å². The zero-order chi connectivity index (χ0) is 9.97. The Labute approximate surface area is 89.5 Å². The zero-order valence-electron chi connectivity index (χ0n) is 8.75. The van der Waals surface area contributed by atoms with Gasteiger partial charge < -0.3 is 5.73 Å². The molecule has 1 aliphatic carbocycles. The Bertz CT molecular complexity index is 302. The number of hydrogen-bond donors (Lipinski definition) is 1. The van der Waals surface area contributed by atoms with Crippen molar-refractivity contribution in [2.75, 3.05) is 6.54 Å². The molecule has 1 heterocycles. The van der Waals surface area contributed by atoms with Crippen LogP contribution in [-0.4, -0.2) is 11.5 Å². The Morgan fingerprint density at radius 3 is 2.79 bits per heavy atom. The summed E-state index contributed by atoms with van der Waals surface area (Å²) in [6.45, 7) is 2.95. The first-order valence-electron chi connectivity index (χ1n) is 5.53. The maximum atomic E-state index is 5.55. The van der Waals surface area contributed by atoms with Crippen LogP contribution >= 0.6 is 11.3 Å². The number of rotatable bonds is 4. The van der Waals surface area contributed by atoms with Crippen molar-refractivity contribution in [3.63, 3.8) is 0 Å². The number of nitrogens with zero attached hydrogens (tertiary/aromatic N) is 1. The minimum Gasteiger partial charge on any atom is -0.330 e. The molecule has 0 spiro atoms. The van der Waals surface area contributed by atoms with Crippen LogP contribution in [0.25, 0.3) is 0 Å². The van der Waals surface area contributed by atoms with Crippen LogP contribution in [-0.2, 0) is 12.8 Å². The van der Waals surface area contributed by atoms with Crippen molar-refractivity contribution in [1.82, 2.24) is 4.98 Å². The van der Waals surface area contributed by atoms with Crippen molar-refractivity contribution in [2.45, 2.75) is 44.9 Å². The highest BCUT2D eigenvalue weighted by atomic mass is 32.1. The summed E-state index contributed by atoms with van der Waals surface area (Å²) < 4.78 is 0. The van der Waals surface area contributed by atoms with Crippen LogP contribution in [0.3, 0.4) is 0 Å². The quantitative estimate of drug-likeness (QED) is 0.829. The van der Waals surface area contributed by atoms with E-state index in [1.165, 1.54) is 34.8 Å². The van der Waals surface area contributed by atoms with Gasteiger partial charge in [0.05, 0.1) is 10.7 Å². The van der Waals surface area contributed by atoms with E-state index in [1.807, 2.05) is 11.3 Å². The largest absolute Gasteiger partial charge is 0.330 e. The summed E-state index contributed by atoms with van der Waals surface area (Å²) in [5.41, 5.74) is 6.95. The lowest BCUT2D eigenvalue weighted by atomic mass is 9.82. The average Bonchev–Trinajstić information content (AvgIpc) is 2.46. The van der Waals surface area contributed by atoms with Gasteiger partial charge in [0.15, 0.2) is 0 Å². The van der Waals surface area contributed by atoms with E-state index in [0.29, 0.717) is 0 Å². The van der Waals surface area contributed by atoms with Crippen LogP contribution < -0.4 is 5.73 Å². The average molecular weight is 210 g/mol. The fraction of sp³-hybridized carbons (Fsp3) is 0.727. The molecule has 0 amide bonds. The van der Waals surface area contributed by atoms with Crippen LogP contribution in [0.2, 0.25) is 0 Å². The van der Waals surface area contributed by atoms with Gasteiger partial charge in [-0.3, -0.25) is 0 Å². The second-order valence-electron chi connectivity index (χ2n) is 3.94. The first-order chi connectivity index (χ1) is 6.85. The fourth-order valence-corrected chi connectivity index (χ4v) is 3.01. The van der Waals surface area contributed by atoms with E-state index < -0.39 is 0 Å². The maximum Gasteiger partial charge on any atom is 0.0943 e. The van der Waals surface area contributed by atoms with E-state index in [4.69, 9.17) is 10.7 Å². The van der Waals surface area contributed by atoms with E-state index in [0.717, 1.165) is 25.3 Å². The smallest absolute Gasteiger partial charge is 0.0943 e. The van der Waals surface area contributed by atoms with Crippen LogP contribution in [0.4, 0.5) is 0 Å². The molecule has 78 valence electrons. The molecule has 2 nitrogen and oxygen atoms in total. The van der Waals surface area contributed by atoms with Crippen molar-refractivity contribution in [2.24, 2.45) is 5.73 Å². The Balaban J connectivity index is 2.18. The molecule has 0 saturated heterocycles. The van der Waals surface area contributed by atoms with Gasteiger partial charge in [0.1, 0.15) is 0 Å². The van der Waals surface area contributed by atoms with E-state index in [-0.39, 0.29) is 0 Å². The summed E-state index contributed by atoms with van der Waals surface area (Å²) in [6, 6.07) is 0. The first-order valence-corrected chi connectivity index (χ1v) is 6.35. The van der Waals surface area contributed by atoms with Crippen LogP contribution in [0.5, 0.6) is 0 Å². The number of thiazole rings is 1. The predicted molar refractivity (Wildman–Crippen MR) is 60.8 cm³/mol. The molecular weight excluding hydrogens is 192 g/mol. The minimum absolute atomic E-state index is 0.723. The first kappa shape index (κ1) is 10.1. The minimum atomic E-state index is 0.723. The number of aryl methyl sites for hydroxylation is 1. The van der Waals surface area contributed by atoms with E-state index in [2.05, 4.69) is 6.92 Å². The van der Waals surface area contributed by atoms with Gasteiger partial charge in [-0.1, -0.05) is 13.3 Å². The highest BCUT2D eigenvalue weighted by Crippen LogP contribution is 2.39.